The standard InChI is InChI=1S/C18H15N3O2/c22-17-12-11-16(19-20-17)18(23)21(15-9-5-2-6-10-15)13-14-7-3-1-4-8-14/h1-12H,13H2,(H,20,22). The van der Waals surface area contributed by atoms with E-state index in [0.29, 0.717) is 6.54 Å². The van der Waals surface area contributed by atoms with E-state index in [1.807, 2.05) is 60.7 Å². The number of amides is 1. The summed E-state index contributed by atoms with van der Waals surface area (Å²) in [6.45, 7) is 0.421. The van der Waals surface area contributed by atoms with Crippen LogP contribution in [0.3, 0.4) is 0 Å². The number of rotatable bonds is 4. The monoisotopic (exact) mass is 305 g/mol. The number of nitrogens with one attached hydrogen (secondary N) is 1. The molecule has 23 heavy (non-hydrogen) atoms. The van der Waals surface area contributed by atoms with Crippen molar-refractivity contribution in [1.29, 1.82) is 0 Å². The van der Waals surface area contributed by atoms with Gasteiger partial charge in [0.15, 0.2) is 0 Å². The Bertz CT molecular complexity index is 824. The largest absolute Gasteiger partial charge is 0.303 e. The number of nitrogens with zero attached hydrogens (tertiary/aromatic N) is 2. The van der Waals surface area contributed by atoms with Gasteiger partial charge in [-0.15, -0.1) is 0 Å². The molecule has 0 aliphatic rings. The molecule has 0 spiro atoms. The minimum Gasteiger partial charge on any atom is -0.303 e. The summed E-state index contributed by atoms with van der Waals surface area (Å²) in [6.07, 6.45) is 0. The minimum absolute atomic E-state index is 0.199. The zero-order chi connectivity index (χ0) is 16.1. The van der Waals surface area contributed by atoms with Crippen molar-refractivity contribution >= 4 is 11.6 Å². The van der Waals surface area contributed by atoms with E-state index in [1.165, 1.54) is 12.1 Å². The Morgan fingerprint density at radius 2 is 1.57 bits per heavy atom. The number of hydrogen-bond acceptors (Lipinski definition) is 3. The number of para-hydroxylation sites is 1. The van der Waals surface area contributed by atoms with Gasteiger partial charge in [-0.25, -0.2) is 5.10 Å². The summed E-state index contributed by atoms with van der Waals surface area (Å²) < 4.78 is 0. The predicted octanol–water partition coefficient (Wildman–Crippen LogP) is 2.62. The maximum Gasteiger partial charge on any atom is 0.279 e. The fourth-order valence-electron chi connectivity index (χ4n) is 2.26. The SMILES string of the molecule is O=C(c1ccc(=O)[nH]n1)N(Cc1ccccc1)c1ccccc1. The first-order chi connectivity index (χ1) is 11.2. The average molecular weight is 305 g/mol. The molecule has 0 radical (unpaired) electrons. The molecule has 1 heterocycles. The Morgan fingerprint density at radius 3 is 2.17 bits per heavy atom. The smallest absolute Gasteiger partial charge is 0.279 e. The van der Waals surface area contributed by atoms with Gasteiger partial charge in [-0.1, -0.05) is 48.5 Å². The Kier molecular flexibility index (Phi) is 4.29. The minimum atomic E-state index is -0.337. The van der Waals surface area contributed by atoms with E-state index in [9.17, 15) is 9.59 Å². The molecular formula is C18H15N3O2. The molecule has 1 N–H and O–H groups in total. The van der Waals surface area contributed by atoms with Crippen LogP contribution >= 0.6 is 0 Å². The first-order valence-corrected chi connectivity index (χ1v) is 7.20. The van der Waals surface area contributed by atoms with Gasteiger partial charge in [0.2, 0.25) is 0 Å². The van der Waals surface area contributed by atoms with Crippen LogP contribution in [0.5, 0.6) is 0 Å². The molecule has 0 aliphatic heterocycles. The van der Waals surface area contributed by atoms with Crippen molar-refractivity contribution in [3.63, 3.8) is 0 Å². The normalized spacial score (nSPS) is 10.3. The zero-order valence-corrected chi connectivity index (χ0v) is 12.3. The Morgan fingerprint density at radius 1 is 0.913 bits per heavy atom. The third-order valence-electron chi connectivity index (χ3n) is 3.39. The van der Waals surface area contributed by atoms with Gasteiger partial charge < -0.3 is 4.90 Å². The van der Waals surface area contributed by atoms with Crippen LogP contribution in [0.25, 0.3) is 0 Å². The lowest BCUT2D eigenvalue weighted by molar-refractivity contribution is 0.0979. The number of H-pyrrole nitrogens is 1. The van der Waals surface area contributed by atoms with Crippen LogP contribution in [0.1, 0.15) is 16.1 Å². The van der Waals surface area contributed by atoms with Crippen molar-refractivity contribution in [3.05, 3.63) is 94.4 Å². The van der Waals surface area contributed by atoms with Gasteiger partial charge in [0.25, 0.3) is 11.5 Å². The second-order valence-electron chi connectivity index (χ2n) is 5.02. The summed E-state index contributed by atoms with van der Waals surface area (Å²) in [4.78, 5) is 25.6. The summed E-state index contributed by atoms with van der Waals surface area (Å²) in [6, 6.07) is 21.8. The molecule has 1 amide bonds. The van der Waals surface area contributed by atoms with Gasteiger partial charge in [0, 0.05) is 11.8 Å². The molecule has 0 saturated heterocycles. The molecule has 114 valence electrons. The molecule has 1 aromatic heterocycles. The molecule has 0 saturated carbocycles. The summed E-state index contributed by atoms with van der Waals surface area (Å²) in [5.41, 5.74) is 1.64. The van der Waals surface area contributed by atoms with Crippen molar-refractivity contribution in [1.82, 2.24) is 10.2 Å². The van der Waals surface area contributed by atoms with Gasteiger partial charge in [-0.3, -0.25) is 9.59 Å². The fourth-order valence-corrected chi connectivity index (χ4v) is 2.26. The van der Waals surface area contributed by atoms with E-state index in [2.05, 4.69) is 10.2 Å². The summed E-state index contributed by atoms with van der Waals surface area (Å²) in [7, 11) is 0. The summed E-state index contributed by atoms with van der Waals surface area (Å²) in [5.74, 6) is -0.267. The van der Waals surface area contributed by atoms with Crippen LogP contribution in [0.4, 0.5) is 5.69 Å². The molecule has 0 atom stereocenters. The molecule has 5 nitrogen and oxygen atoms in total. The van der Waals surface area contributed by atoms with E-state index in [0.717, 1.165) is 11.3 Å². The Labute approximate surface area is 133 Å². The van der Waals surface area contributed by atoms with Crippen molar-refractivity contribution < 1.29 is 4.79 Å². The Hall–Kier alpha value is -3.21. The molecule has 3 aromatic rings. The third-order valence-corrected chi connectivity index (χ3v) is 3.39. The van der Waals surface area contributed by atoms with Crippen LogP contribution in [0.2, 0.25) is 0 Å². The van der Waals surface area contributed by atoms with Gasteiger partial charge in [-0.05, 0) is 23.8 Å². The summed E-state index contributed by atoms with van der Waals surface area (Å²) in [5, 5.41) is 6.14. The van der Waals surface area contributed by atoms with Gasteiger partial charge in [0.05, 0.1) is 6.54 Å². The highest BCUT2D eigenvalue weighted by Gasteiger charge is 2.19. The molecule has 0 unspecified atom stereocenters. The highest BCUT2D eigenvalue weighted by atomic mass is 16.2. The second-order valence-corrected chi connectivity index (χ2v) is 5.02. The first kappa shape index (κ1) is 14.7. The second kappa shape index (κ2) is 6.70. The van der Waals surface area contributed by atoms with Gasteiger partial charge >= 0.3 is 0 Å². The predicted molar refractivity (Wildman–Crippen MR) is 88.3 cm³/mol. The lowest BCUT2D eigenvalue weighted by atomic mass is 10.2. The number of hydrogen-bond donors (Lipinski definition) is 1. The number of anilines is 1. The van der Waals surface area contributed by atoms with Crippen molar-refractivity contribution in [2.45, 2.75) is 6.54 Å². The molecule has 0 bridgehead atoms. The molecule has 2 aromatic carbocycles. The molecule has 0 fully saturated rings. The molecule has 5 heteroatoms. The Balaban J connectivity index is 1.96. The van der Waals surface area contributed by atoms with E-state index >= 15 is 0 Å². The van der Waals surface area contributed by atoms with Gasteiger partial charge in [0.1, 0.15) is 5.69 Å². The molecular weight excluding hydrogens is 290 g/mol. The van der Waals surface area contributed by atoms with Crippen molar-refractivity contribution in [2.75, 3.05) is 4.90 Å². The number of aromatic amines is 1. The lowest BCUT2D eigenvalue weighted by Crippen LogP contribution is -2.31. The van der Waals surface area contributed by atoms with Crippen LogP contribution in [-0.4, -0.2) is 16.1 Å². The number of aromatic nitrogens is 2. The number of carbonyl (C=O) groups is 1. The topological polar surface area (TPSA) is 66.1 Å². The van der Waals surface area contributed by atoms with Crippen LogP contribution in [-0.2, 0) is 6.54 Å². The quantitative estimate of drug-likeness (QED) is 0.805. The van der Waals surface area contributed by atoms with E-state index in [-0.39, 0.29) is 17.2 Å². The number of benzene rings is 2. The maximum absolute atomic E-state index is 12.8. The molecule has 3 rings (SSSR count). The number of carbonyl (C=O) groups excluding carboxylic acids is 1. The highest BCUT2D eigenvalue weighted by Crippen LogP contribution is 2.19. The van der Waals surface area contributed by atoms with E-state index in [4.69, 9.17) is 0 Å². The van der Waals surface area contributed by atoms with E-state index < -0.39 is 0 Å². The van der Waals surface area contributed by atoms with E-state index in [1.54, 1.807) is 4.90 Å². The first-order valence-electron chi connectivity index (χ1n) is 7.20. The lowest BCUT2D eigenvalue weighted by Gasteiger charge is -2.22. The van der Waals surface area contributed by atoms with Crippen LogP contribution in [0.15, 0.2) is 77.6 Å². The zero-order valence-electron chi connectivity index (χ0n) is 12.3. The van der Waals surface area contributed by atoms with Crippen LogP contribution < -0.4 is 10.5 Å². The third kappa shape index (κ3) is 3.52. The van der Waals surface area contributed by atoms with Crippen molar-refractivity contribution in [2.24, 2.45) is 0 Å². The van der Waals surface area contributed by atoms with Gasteiger partial charge in [-0.2, -0.15) is 5.10 Å². The maximum atomic E-state index is 12.8. The van der Waals surface area contributed by atoms with Crippen LogP contribution in [0, 0.1) is 0 Å². The average Bonchev–Trinajstić information content (AvgIpc) is 2.61. The molecule has 0 aliphatic carbocycles. The highest BCUT2D eigenvalue weighted by molar-refractivity contribution is 6.04. The van der Waals surface area contributed by atoms with Crippen molar-refractivity contribution in [3.8, 4) is 0 Å². The fraction of sp³-hybridized carbons (Fsp3) is 0.0556. The summed E-state index contributed by atoms with van der Waals surface area (Å²) >= 11 is 0.